The second kappa shape index (κ2) is 4.21. The highest BCUT2D eigenvalue weighted by Gasteiger charge is 2.02. The fraction of sp³-hybridized carbons (Fsp3) is 0. The number of halogens is 2. The van der Waals surface area contributed by atoms with Gasteiger partial charge in [-0.2, -0.15) is 0 Å². The van der Waals surface area contributed by atoms with Crippen molar-refractivity contribution in [3.8, 4) is 11.3 Å². The van der Waals surface area contributed by atoms with Gasteiger partial charge in [0.2, 0.25) is 0 Å². The molecule has 1 aromatic heterocycles. The van der Waals surface area contributed by atoms with Crippen molar-refractivity contribution in [1.82, 2.24) is 4.98 Å². The van der Waals surface area contributed by atoms with Crippen molar-refractivity contribution in [2.75, 3.05) is 5.73 Å². The van der Waals surface area contributed by atoms with E-state index in [1.165, 1.54) is 0 Å². The summed E-state index contributed by atoms with van der Waals surface area (Å²) in [5.74, 6) is 0. The number of nitrogens with two attached hydrogens (primary N) is 1. The van der Waals surface area contributed by atoms with Crippen LogP contribution < -0.4 is 5.73 Å². The van der Waals surface area contributed by atoms with Gasteiger partial charge >= 0.3 is 0 Å². The molecule has 0 saturated heterocycles. The summed E-state index contributed by atoms with van der Waals surface area (Å²) in [6.07, 6.45) is 1.69. The topological polar surface area (TPSA) is 38.9 Å². The van der Waals surface area contributed by atoms with Crippen LogP contribution in [-0.4, -0.2) is 4.98 Å². The molecule has 0 radical (unpaired) electrons. The van der Waals surface area contributed by atoms with E-state index in [0.717, 1.165) is 15.7 Å². The maximum absolute atomic E-state index is 5.80. The van der Waals surface area contributed by atoms with Crippen LogP contribution in [0.3, 0.4) is 0 Å². The highest BCUT2D eigenvalue weighted by Crippen LogP contribution is 2.25. The Morgan fingerprint density at radius 2 is 1.87 bits per heavy atom. The number of nitrogens with zero attached hydrogens (tertiary/aromatic N) is 1. The van der Waals surface area contributed by atoms with Crippen molar-refractivity contribution in [3.63, 3.8) is 0 Å². The lowest BCUT2D eigenvalue weighted by atomic mass is 10.1. The number of pyridine rings is 1. The van der Waals surface area contributed by atoms with Gasteiger partial charge in [0.15, 0.2) is 0 Å². The Balaban J connectivity index is 2.45. The lowest BCUT2D eigenvalue weighted by Gasteiger charge is -2.03. The Bertz CT molecular complexity index is 482. The maximum Gasteiger partial charge on any atom is 0.0723 e. The first-order valence-corrected chi connectivity index (χ1v) is 5.51. The zero-order valence-electron chi connectivity index (χ0n) is 7.74. The van der Waals surface area contributed by atoms with Gasteiger partial charge < -0.3 is 5.73 Å². The van der Waals surface area contributed by atoms with Crippen LogP contribution in [0.5, 0.6) is 0 Å². The van der Waals surface area contributed by atoms with Crippen molar-refractivity contribution in [2.45, 2.75) is 0 Å². The summed E-state index contributed by atoms with van der Waals surface area (Å²) >= 11 is 9.11. The van der Waals surface area contributed by atoms with Crippen molar-refractivity contribution >= 4 is 33.2 Å². The molecule has 2 N–H and O–H groups in total. The van der Waals surface area contributed by atoms with Crippen LogP contribution in [0.2, 0.25) is 5.02 Å². The fourth-order valence-electron chi connectivity index (χ4n) is 1.23. The zero-order chi connectivity index (χ0) is 10.8. The van der Waals surface area contributed by atoms with Crippen LogP contribution in [0.1, 0.15) is 0 Å². The Labute approximate surface area is 101 Å². The molecular formula is C11H8BrClN2. The second-order valence-corrected chi connectivity index (χ2v) is 4.39. The van der Waals surface area contributed by atoms with E-state index in [9.17, 15) is 0 Å². The monoisotopic (exact) mass is 282 g/mol. The van der Waals surface area contributed by atoms with Gasteiger partial charge in [-0.1, -0.05) is 23.7 Å². The average Bonchev–Trinajstić information content (AvgIpc) is 2.23. The van der Waals surface area contributed by atoms with Gasteiger partial charge in [0.25, 0.3) is 0 Å². The molecule has 0 atom stereocenters. The van der Waals surface area contributed by atoms with Crippen molar-refractivity contribution in [2.24, 2.45) is 0 Å². The number of hydrogen-bond acceptors (Lipinski definition) is 2. The molecular weight excluding hydrogens is 275 g/mol. The molecule has 76 valence electrons. The first-order chi connectivity index (χ1) is 7.16. The van der Waals surface area contributed by atoms with Crippen molar-refractivity contribution < 1.29 is 0 Å². The zero-order valence-corrected chi connectivity index (χ0v) is 10.1. The molecule has 0 aliphatic heterocycles. The van der Waals surface area contributed by atoms with Gasteiger partial charge in [-0.15, -0.1) is 0 Å². The molecule has 2 aromatic rings. The lowest BCUT2D eigenvalue weighted by Crippen LogP contribution is -1.90. The lowest BCUT2D eigenvalue weighted by molar-refractivity contribution is 1.31. The molecule has 2 rings (SSSR count). The number of hydrogen-bond donors (Lipinski definition) is 1. The molecule has 0 amide bonds. The fourth-order valence-corrected chi connectivity index (χ4v) is 1.58. The van der Waals surface area contributed by atoms with E-state index in [-0.39, 0.29) is 0 Å². The average molecular weight is 284 g/mol. The minimum atomic E-state index is 0.676. The van der Waals surface area contributed by atoms with Gasteiger partial charge in [0, 0.05) is 22.5 Å². The van der Waals surface area contributed by atoms with E-state index in [1.807, 2.05) is 30.3 Å². The summed E-state index contributed by atoms with van der Waals surface area (Å²) in [6.45, 7) is 0. The Hall–Kier alpha value is -1.06. The number of nitrogen functional groups attached to an aromatic ring is 1. The molecule has 0 spiro atoms. The predicted molar refractivity (Wildman–Crippen MR) is 66.8 cm³/mol. The summed E-state index contributed by atoms with van der Waals surface area (Å²) < 4.78 is 0.806. The molecule has 0 aliphatic carbocycles. The third-order valence-corrected chi connectivity index (χ3v) is 2.94. The summed E-state index contributed by atoms with van der Waals surface area (Å²) in [7, 11) is 0. The smallest absolute Gasteiger partial charge is 0.0723 e. The van der Waals surface area contributed by atoms with Crippen LogP contribution in [0.25, 0.3) is 11.3 Å². The third-order valence-electron chi connectivity index (χ3n) is 2.02. The SMILES string of the molecule is Nc1cc(-c2ccc(Cl)cc2)ncc1Br. The molecule has 0 bridgehead atoms. The Morgan fingerprint density at radius 1 is 1.20 bits per heavy atom. The summed E-state index contributed by atoms with van der Waals surface area (Å²) in [5, 5.41) is 0.712. The van der Waals surface area contributed by atoms with E-state index in [1.54, 1.807) is 6.20 Å². The van der Waals surface area contributed by atoms with E-state index in [0.29, 0.717) is 10.7 Å². The van der Waals surface area contributed by atoms with Gasteiger partial charge in [-0.3, -0.25) is 4.98 Å². The normalized spacial score (nSPS) is 10.3. The predicted octanol–water partition coefficient (Wildman–Crippen LogP) is 3.75. The van der Waals surface area contributed by atoms with Crippen LogP contribution in [0.4, 0.5) is 5.69 Å². The largest absolute Gasteiger partial charge is 0.398 e. The quantitative estimate of drug-likeness (QED) is 0.866. The molecule has 0 unspecified atom stereocenters. The van der Waals surface area contributed by atoms with Crippen LogP contribution in [-0.2, 0) is 0 Å². The summed E-state index contributed by atoms with van der Waals surface area (Å²) in [6, 6.07) is 9.32. The molecule has 15 heavy (non-hydrogen) atoms. The van der Waals surface area contributed by atoms with Crippen LogP contribution >= 0.6 is 27.5 Å². The minimum absolute atomic E-state index is 0.676. The van der Waals surface area contributed by atoms with Crippen LogP contribution in [0.15, 0.2) is 41.0 Å². The minimum Gasteiger partial charge on any atom is -0.398 e. The van der Waals surface area contributed by atoms with Gasteiger partial charge in [-0.25, -0.2) is 0 Å². The number of benzene rings is 1. The Kier molecular flexibility index (Phi) is 2.93. The molecule has 0 saturated carbocycles. The highest BCUT2D eigenvalue weighted by atomic mass is 79.9. The molecule has 0 fully saturated rings. The number of rotatable bonds is 1. The highest BCUT2D eigenvalue weighted by molar-refractivity contribution is 9.10. The Morgan fingerprint density at radius 3 is 2.47 bits per heavy atom. The van der Waals surface area contributed by atoms with Crippen molar-refractivity contribution in [3.05, 3.63) is 46.0 Å². The summed E-state index contributed by atoms with van der Waals surface area (Å²) in [5.41, 5.74) is 8.29. The number of anilines is 1. The molecule has 2 nitrogen and oxygen atoms in total. The standard InChI is InChI=1S/C11H8BrClN2/c12-9-6-15-11(5-10(9)14)7-1-3-8(13)4-2-7/h1-6H,(H2,14,15). The summed E-state index contributed by atoms with van der Waals surface area (Å²) in [4.78, 5) is 4.27. The van der Waals surface area contributed by atoms with E-state index in [2.05, 4.69) is 20.9 Å². The second-order valence-electron chi connectivity index (χ2n) is 3.10. The van der Waals surface area contributed by atoms with Gasteiger partial charge in [0.1, 0.15) is 0 Å². The van der Waals surface area contributed by atoms with E-state index < -0.39 is 0 Å². The first-order valence-electron chi connectivity index (χ1n) is 4.34. The van der Waals surface area contributed by atoms with Crippen LogP contribution in [0, 0.1) is 0 Å². The number of aromatic nitrogens is 1. The van der Waals surface area contributed by atoms with Gasteiger partial charge in [0.05, 0.1) is 10.2 Å². The van der Waals surface area contributed by atoms with E-state index in [4.69, 9.17) is 17.3 Å². The first kappa shape index (κ1) is 10.5. The molecule has 0 aliphatic rings. The molecule has 4 heteroatoms. The molecule has 1 aromatic carbocycles. The van der Waals surface area contributed by atoms with Gasteiger partial charge in [-0.05, 0) is 34.1 Å². The molecule has 1 heterocycles. The third kappa shape index (κ3) is 2.30. The maximum atomic E-state index is 5.80. The van der Waals surface area contributed by atoms with E-state index >= 15 is 0 Å². The van der Waals surface area contributed by atoms with Crippen molar-refractivity contribution in [1.29, 1.82) is 0 Å².